The lowest BCUT2D eigenvalue weighted by Gasteiger charge is -2.34. The standard InChI is InChI=1S/C12H19ClN2O/c1-12(4-2-3-11(13)14-12)5-6-15-7-9-16-10-8-15/h2-4,14H,5-10H2,1H3. The van der Waals surface area contributed by atoms with Crippen LogP contribution < -0.4 is 5.32 Å². The third-order valence-electron chi connectivity index (χ3n) is 3.16. The monoisotopic (exact) mass is 242 g/mol. The van der Waals surface area contributed by atoms with E-state index in [0.29, 0.717) is 0 Å². The molecule has 90 valence electrons. The quantitative estimate of drug-likeness (QED) is 0.763. The zero-order valence-corrected chi connectivity index (χ0v) is 10.5. The summed E-state index contributed by atoms with van der Waals surface area (Å²) in [6.07, 6.45) is 7.16. The zero-order chi connectivity index (χ0) is 11.4. The maximum Gasteiger partial charge on any atom is 0.102 e. The minimum Gasteiger partial charge on any atom is -0.379 e. The molecule has 2 aliphatic heterocycles. The molecule has 1 saturated heterocycles. The first kappa shape index (κ1) is 12.0. The Balaban J connectivity index is 1.80. The predicted octanol–water partition coefficient (Wildman–Crippen LogP) is 1.71. The normalized spacial score (nSPS) is 31.0. The van der Waals surface area contributed by atoms with Crippen LogP contribution in [0, 0.1) is 0 Å². The number of allylic oxidation sites excluding steroid dienone is 2. The second-order valence-electron chi connectivity index (χ2n) is 4.62. The van der Waals surface area contributed by atoms with Crippen LogP contribution >= 0.6 is 11.6 Å². The van der Waals surface area contributed by atoms with Gasteiger partial charge < -0.3 is 10.1 Å². The summed E-state index contributed by atoms with van der Waals surface area (Å²) < 4.78 is 5.33. The van der Waals surface area contributed by atoms with E-state index in [1.165, 1.54) is 0 Å². The van der Waals surface area contributed by atoms with Gasteiger partial charge in [0.15, 0.2) is 0 Å². The summed E-state index contributed by atoms with van der Waals surface area (Å²) in [6, 6.07) is 0. The molecule has 0 bridgehead atoms. The van der Waals surface area contributed by atoms with Gasteiger partial charge in [-0.3, -0.25) is 4.90 Å². The van der Waals surface area contributed by atoms with Crippen LogP contribution in [0.25, 0.3) is 0 Å². The average molecular weight is 243 g/mol. The Bertz CT molecular complexity index is 297. The summed E-state index contributed by atoms with van der Waals surface area (Å²) in [5.41, 5.74) is -0.00978. The van der Waals surface area contributed by atoms with Gasteiger partial charge in [0.25, 0.3) is 0 Å². The molecule has 2 heterocycles. The van der Waals surface area contributed by atoms with E-state index in [2.05, 4.69) is 23.2 Å². The van der Waals surface area contributed by atoms with E-state index >= 15 is 0 Å². The maximum atomic E-state index is 5.99. The van der Waals surface area contributed by atoms with Gasteiger partial charge >= 0.3 is 0 Å². The first-order valence-electron chi connectivity index (χ1n) is 5.81. The summed E-state index contributed by atoms with van der Waals surface area (Å²) >= 11 is 5.99. The molecule has 0 spiro atoms. The topological polar surface area (TPSA) is 24.5 Å². The van der Waals surface area contributed by atoms with Gasteiger partial charge in [-0.2, -0.15) is 0 Å². The van der Waals surface area contributed by atoms with E-state index in [1.54, 1.807) is 0 Å². The van der Waals surface area contributed by atoms with Crippen molar-refractivity contribution in [2.45, 2.75) is 18.9 Å². The van der Waals surface area contributed by atoms with Crippen molar-refractivity contribution in [3.8, 4) is 0 Å². The molecule has 0 aromatic heterocycles. The van der Waals surface area contributed by atoms with Crippen molar-refractivity contribution in [1.29, 1.82) is 0 Å². The Labute approximate surface area is 102 Å². The molecule has 1 unspecified atom stereocenters. The smallest absolute Gasteiger partial charge is 0.102 e. The second kappa shape index (κ2) is 5.21. The molecule has 0 radical (unpaired) electrons. The van der Waals surface area contributed by atoms with Crippen molar-refractivity contribution in [1.82, 2.24) is 10.2 Å². The lowest BCUT2D eigenvalue weighted by Crippen LogP contribution is -2.45. The molecular weight excluding hydrogens is 224 g/mol. The van der Waals surface area contributed by atoms with Gasteiger partial charge in [-0.05, 0) is 19.4 Å². The largest absolute Gasteiger partial charge is 0.379 e. The molecule has 1 N–H and O–H groups in total. The Morgan fingerprint density at radius 1 is 1.50 bits per heavy atom. The van der Waals surface area contributed by atoms with E-state index in [1.807, 2.05) is 12.2 Å². The SMILES string of the molecule is CC1(CCN2CCOCC2)C=CC=C(Cl)N1. The van der Waals surface area contributed by atoms with Crippen molar-refractivity contribution >= 4 is 11.6 Å². The van der Waals surface area contributed by atoms with E-state index < -0.39 is 0 Å². The lowest BCUT2D eigenvalue weighted by atomic mass is 9.95. The van der Waals surface area contributed by atoms with Gasteiger partial charge in [0.05, 0.1) is 18.8 Å². The molecule has 0 aromatic rings. The fraction of sp³-hybridized carbons (Fsp3) is 0.667. The molecule has 3 nitrogen and oxygen atoms in total. The lowest BCUT2D eigenvalue weighted by molar-refractivity contribution is 0.0352. The van der Waals surface area contributed by atoms with Crippen molar-refractivity contribution in [3.05, 3.63) is 23.4 Å². The van der Waals surface area contributed by atoms with Crippen LogP contribution in [-0.4, -0.2) is 43.3 Å². The van der Waals surface area contributed by atoms with Crippen molar-refractivity contribution < 1.29 is 4.74 Å². The number of morpholine rings is 1. The van der Waals surface area contributed by atoms with Crippen LogP contribution in [0.5, 0.6) is 0 Å². The van der Waals surface area contributed by atoms with Gasteiger partial charge in [-0.1, -0.05) is 23.8 Å². The minimum absolute atomic E-state index is 0.00978. The molecule has 4 heteroatoms. The molecule has 2 aliphatic rings. The Morgan fingerprint density at radius 2 is 2.25 bits per heavy atom. The molecule has 2 rings (SSSR count). The molecule has 1 atom stereocenters. The summed E-state index contributed by atoms with van der Waals surface area (Å²) in [6.45, 7) is 7.08. The van der Waals surface area contributed by atoms with Crippen LogP contribution in [0.3, 0.4) is 0 Å². The molecule has 0 aliphatic carbocycles. The third-order valence-corrected chi connectivity index (χ3v) is 3.38. The first-order chi connectivity index (χ1) is 7.68. The number of halogens is 1. The Kier molecular flexibility index (Phi) is 3.90. The van der Waals surface area contributed by atoms with Crippen LogP contribution in [0.4, 0.5) is 0 Å². The van der Waals surface area contributed by atoms with E-state index in [4.69, 9.17) is 16.3 Å². The molecule has 0 saturated carbocycles. The van der Waals surface area contributed by atoms with Crippen LogP contribution in [0.15, 0.2) is 23.4 Å². The van der Waals surface area contributed by atoms with Gasteiger partial charge in [-0.15, -0.1) is 0 Å². The number of hydrogen-bond acceptors (Lipinski definition) is 3. The second-order valence-corrected chi connectivity index (χ2v) is 5.03. The Hall–Kier alpha value is -0.510. The highest BCUT2D eigenvalue weighted by molar-refractivity contribution is 6.29. The summed E-state index contributed by atoms with van der Waals surface area (Å²) in [7, 11) is 0. The highest BCUT2D eigenvalue weighted by atomic mass is 35.5. The number of dihydropyridines is 1. The van der Waals surface area contributed by atoms with Gasteiger partial charge in [0.2, 0.25) is 0 Å². The fourth-order valence-electron chi connectivity index (χ4n) is 2.06. The number of rotatable bonds is 3. The third kappa shape index (κ3) is 3.24. The van der Waals surface area contributed by atoms with Crippen LogP contribution in [0.1, 0.15) is 13.3 Å². The van der Waals surface area contributed by atoms with Crippen molar-refractivity contribution in [2.24, 2.45) is 0 Å². The molecule has 0 aromatic carbocycles. The van der Waals surface area contributed by atoms with Gasteiger partial charge in [0.1, 0.15) is 5.16 Å². The minimum atomic E-state index is -0.00978. The molecule has 1 fully saturated rings. The van der Waals surface area contributed by atoms with Gasteiger partial charge in [-0.25, -0.2) is 0 Å². The number of ether oxygens (including phenoxy) is 1. The maximum absolute atomic E-state index is 5.99. The first-order valence-corrected chi connectivity index (χ1v) is 6.19. The molecule has 0 amide bonds. The summed E-state index contributed by atoms with van der Waals surface area (Å²) in [5.74, 6) is 0. The van der Waals surface area contributed by atoms with Crippen LogP contribution in [-0.2, 0) is 4.74 Å². The van der Waals surface area contributed by atoms with E-state index in [-0.39, 0.29) is 5.54 Å². The number of nitrogens with zero attached hydrogens (tertiary/aromatic N) is 1. The number of nitrogens with one attached hydrogen (secondary N) is 1. The molecule has 16 heavy (non-hydrogen) atoms. The van der Waals surface area contributed by atoms with Crippen molar-refractivity contribution in [3.63, 3.8) is 0 Å². The Morgan fingerprint density at radius 3 is 2.94 bits per heavy atom. The predicted molar refractivity (Wildman–Crippen MR) is 66.5 cm³/mol. The summed E-state index contributed by atoms with van der Waals surface area (Å²) in [4.78, 5) is 2.44. The molecular formula is C12H19ClN2O. The van der Waals surface area contributed by atoms with Crippen LogP contribution in [0.2, 0.25) is 0 Å². The number of hydrogen-bond donors (Lipinski definition) is 1. The van der Waals surface area contributed by atoms with Crippen molar-refractivity contribution in [2.75, 3.05) is 32.8 Å². The average Bonchev–Trinajstić information content (AvgIpc) is 2.28. The highest BCUT2D eigenvalue weighted by Gasteiger charge is 2.24. The highest BCUT2D eigenvalue weighted by Crippen LogP contribution is 2.20. The van der Waals surface area contributed by atoms with Gasteiger partial charge in [0, 0.05) is 19.6 Å². The fourth-order valence-corrected chi connectivity index (χ4v) is 2.35. The summed E-state index contributed by atoms with van der Waals surface area (Å²) in [5, 5.41) is 4.04. The van der Waals surface area contributed by atoms with E-state index in [0.717, 1.165) is 44.4 Å². The zero-order valence-electron chi connectivity index (χ0n) is 9.71. The van der Waals surface area contributed by atoms with E-state index in [9.17, 15) is 0 Å².